The Bertz CT molecular complexity index is 702. The minimum Gasteiger partial charge on any atom is -0.399 e. The molecule has 2 aromatic rings. The van der Waals surface area contributed by atoms with Gasteiger partial charge >= 0.3 is 0 Å². The van der Waals surface area contributed by atoms with Crippen LogP contribution in [0.4, 0.5) is 5.69 Å². The van der Waals surface area contributed by atoms with Crippen LogP contribution in [0.1, 0.15) is 24.4 Å². The van der Waals surface area contributed by atoms with Crippen LogP contribution in [0.5, 0.6) is 0 Å². The maximum Gasteiger partial charge on any atom is 0.260 e. The summed E-state index contributed by atoms with van der Waals surface area (Å²) < 4.78 is 28.8. The second kappa shape index (κ2) is 5.26. The Hall–Kier alpha value is -1.86. The van der Waals surface area contributed by atoms with Crippen molar-refractivity contribution < 1.29 is 8.42 Å². The van der Waals surface area contributed by atoms with Gasteiger partial charge in [0.1, 0.15) is 5.82 Å². The zero-order valence-corrected chi connectivity index (χ0v) is 12.5. The zero-order valence-electron chi connectivity index (χ0n) is 11.7. The fraction of sp³-hybridized carbons (Fsp3) is 0.308. The fourth-order valence-corrected chi connectivity index (χ4v) is 3.12. The number of imidazole rings is 1. The Kier molecular flexibility index (Phi) is 3.82. The molecule has 0 aliphatic carbocycles. The number of benzene rings is 1. The number of nitrogens with one attached hydrogen (secondary N) is 1. The number of nitrogen functional groups attached to an aromatic ring is 1. The molecule has 6 nitrogen and oxygen atoms in total. The van der Waals surface area contributed by atoms with E-state index in [9.17, 15) is 8.42 Å². The number of aromatic nitrogens is 2. The van der Waals surface area contributed by atoms with Crippen molar-refractivity contribution in [1.29, 1.82) is 0 Å². The zero-order chi connectivity index (χ0) is 14.9. The van der Waals surface area contributed by atoms with Crippen molar-refractivity contribution in [3.8, 4) is 0 Å². The van der Waals surface area contributed by atoms with Crippen molar-refractivity contribution in [2.45, 2.75) is 24.9 Å². The summed E-state index contributed by atoms with van der Waals surface area (Å²) >= 11 is 0. The van der Waals surface area contributed by atoms with Gasteiger partial charge in [-0.3, -0.25) is 0 Å². The molecule has 0 aliphatic heterocycles. The molecule has 0 saturated carbocycles. The maximum atomic E-state index is 12.2. The highest BCUT2D eigenvalue weighted by Gasteiger charge is 2.21. The molecule has 1 heterocycles. The summed E-state index contributed by atoms with van der Waals surface area (Å²) in [7, 11) is -1.89. The van der Waals surface area contributed by atoms with Crippen molar-refractivity contribution in [3.05, 3.63) is 41.9 Å². The number of anilines is 1. The highest BCUT2D eigenvalue weighted by atomic mass is 32.2. The summed E-state index contributed by atoms with van der Waals surface area (Å²) in [4.78, 5) is 4.03. The molecule has 0 spiro atoms. The van der Waals surface area contributed by atoms with Crippen LogP contribution in [0.2, 0.25) is 0 Å². The van der Waals surface area contributed by atoms with E-state index in [4.69, 9.17) is 5.73 Å². The third-order valence-corrected chi connectivity index (χ3v) is 4.52. The van der Waals surface area contributed by atoms with E-state index in [0.29, 0.717) is 11.5 Å². The second-order valence-corrected chi connectivity index (χ2v) is 6.41. The SMILES string of the molecule is Cc1nc(S(=O)(=O)NC(C)c2cccc(N)c2)cn1C. The monoisotopic (exact) mass is 294 g/mol. The van der Waals surface area contributed by atoms with Crippen LogP contribution < -0.4 is 10.5 Å². The largest absolute Gasteiger partial charge is 0.399 e. The minimum absolute atomic E-state index is 0.0215. The van der Waals surface area contributed by atoms with Gasteiger partial charge in [-0.2, -0.15) is 0 Å². The number of hydrogen-bond donors (Lipinski definition) is 2. The van der Waals surface area contributed by atoms with Crippen LogP contribution in [0.25, 0.3) is 0 Å². The molecule has 7 heteroatoms. The maximum absolute atomic E-state index is 12.2. The topological polar surface area (TPSA) is 90.0 Å². The third-order valence-electron chi connectivity index (χ3n) is 3.10. The Labute approximate surface area is 118 Å². The number of nitrogens with zero attached hydrogens (tertiary/aromatic N) is 2. The molecule has 2 rings (SSSR count). The first-order valence-corrected chi connectivity index (χ1v) is 7.65. The minimum atomic E-state index is -3.64. The first-order valence-electron chi connectivity index (χ1n) is 6.17. The van der Waals surface area contributed by atoms with Crippen molar-refractivity contribution in [1.82, 2.24) is 14.3 Å². The Morgan fingerprint density at radius 1 is 1.40 bits per heavy atom. The predicted octanol–water partition coefficient (Wildman–Crippen LogP) is 1.35. The predicted molar refractivity (Wildman–Crippen MR) is 77.5 cm³/mol. The molecule has 0 radical (unpaired) electrons. The van der Waals surface area contributed by atoms with Gasteiger partial charge < -0.3 is 10.3 Å². The van der Waals surface area contributed by atoms with Crippen LogP contribution >= 0.6 is 0 Å². The number of hydrogen-bond acceptors (Lipinski definition) is 4. The Balaban J connectivity index is 2.24. The van der Waals surface area contributed by atoms with Gasteiger partial charge in [0.05, 0.1) is 0 Å². The Morgan fingerprint density at radius 3 is 2.65 bits per heavy atom. The van der Waals surface area contributed by atoms with E-state index in [0.717, 1.165) is 5.56 Å². The molecule has 108 valence electrons. The molecule has 0 aliphatic rings. The lowest BCUT2D eigenvalue weighted by Crippen LogP contribution is -2.27. The molecule has 1 unspecified atom stereocenters. The number of aryl methyl sites for hydroxylation is 2. The van der Waals surface area contributed by atoms with Gasteiger partial charge in [0, 0.05) is 25.0 Å². The number of nitrogens with two attached hydrogens (primary N) is 1. The van der Waals surface area contributed by atoms with E-state index in [1.807, 2.05) is 6.07 Å². The van der Waals surface area contributed by atoms with Gasteiger partial charge in [0.2, 0.25) is 0 Å². The van der Waals surface area contributed by atoms with E-state index in [1.54, 1.807) is 43.7 Å². The quantitative estimate of drug-likeness (QED) is 0.833. The van der Waals surface area contributed by atoms with Crippen LogP contribution in [0.15, 0.2) is 35.5 Å². The summed E-state index contributed by atoms with van der Waals surface area (Å²) in [6.45, 7) is 3.52. The van der Waals surface area contributed by atoms with Crippen LogP contribution in [0, 0.1) is 6.92 Å². The Morgan fingerprint density at radius 2 is 2.10 bits per heavy atom. The standard InChI is InChI=1S/C13H18N4O2S/c1-9(11-5-4-6-12(14)7-11)16-20(18,19)13-8-17(3)10(2)15-13/h4-9,16H,14H2,1-3H3. The summed E-state index contributed by atoms with van der Waals surface area (Å²) in [6, 6.07) is 6.74. The van der Waals surface area contributed by atoms with Crippen LogP contribution in [-0.4, -0.2) is 18.0 Å². The first-order chi connectivity index (χ1) is 9.29. The molecular weight excluding hydrogens is 276 g/mol. The van der Waals surface area contributed by atoms with E-state index in [2.05, 4.69) is 9.71 Å². The third kappa shape index (κ3) is 3.00. The fourth-order valence-electron chi connectivity index (χ4n) is 1.85. The van der Waals surface area contributed by atoms with Crippen LogP contribution in [-0.2, 0) is 17.1 Å². The molecule has 0 saturated heterocycles. The average molecular weight is 294 g/mol. The normalized spacial score (nSPS) is 13.3. The molecule has 3 N–H and O–H groups in total. The molecule has 0 fully saturated rings. The molecule has 1 atom stereocenters. The lowest BCUT2D eigenvalue weighted by molar-refractivity contribution is 0.563. The molecular formula is C13H18N4O2S. The lowest BCUT2D eigenvalue weighted by atomic mass is 10.1. The summed E-state index contributed by atoms with van der Waals surface area (Å²) in [5.41, 5.74) is 7.11. The van der Waals surface area contributed by atoms with Crippen molar-refractivity contribution >= 4 is 15.7 Å². The summed E-state index contributed by atoms with van der Waals surface area (Å²) in [5, 5.41) is 0.0215. The van der Waals surface area contributed by atoms with Crippen molar-refractivity contribution in [2.75, 3.05) is 5.73 Å². The van der Waals surface area contributed by atoms with Gasteiger partial charge in [-0.25, -0.2) is 18.1 Å². The summed E-state index contributed by atoms with van der Waals surface area (Å²) in [6.07, 6.45) is 1.49. The van der Waals surface area contributed by atoms with Gasteiger partial charge in [-0.05, 0) is 31.5 Å². The van der Waals surface area contributed by atoms with Crippen molar-refractivity contribution in [3.63, 3.8) is 0 Å². The highest BCUT2D eigenvalue weighted by molar-refractivity contribution is 7.89. The highest BCUT2D eigenvalue weighted by Crippen LogP contribution is 2.18. The molecule has 0 bridgehead atoms. The molecule has 20 heavy (non-hydrogen) atoms. The van der Waals surface area contributed by atoms with E-state index in [1.165, 1.54) is 6.20 Å². The smallest absolute Gasteiger partial charge is 0.260 e. The van der Waals surface area contributed by atoms with E-state index >= 15 is 0 Å². The number of rotatable bonds is 4. The van der Waals surface area contributed by atoms with E-state index < -0.39 is 10.0 Å². The molecule has 0 amide bonds. The first kappa shape index (κ1) is 14.5. The van der Waals surface area contributed by atoms with E-state index in [-0.39, 0.29) is 11.1 Å². The van der Waals surface area contributed by atoms with Gasteiger partial charge in [-0.1, -0.05) is 12.1 Å². The average Bonchev–Trinajstić information content (AvgIpc) is 2.70. The van der Waals surface area contributed by atoms with Gasteiger partial charge in [0.15, 0.2) is 5.03 Å². The van der Waals surface area contributed by atoms with Gasteiger partial charge in [0.25, 0.3) is 10.0 Å². The number of sulfonamides is 1. The van der Waals surface area contributed by atoms with Gasteiger partial charge in [-0.15, -0.1) is 0 Å². The summed E-state index contributed by atoms with van der Waals surface area (Å²) in [5.74, 6) is 0.641. The molecule has 1 aromatic carbocycles. The van der Waals surface area contributed by atoms with Crippen LogP contribution in [0.3, 0.4) is 0 Å². The lowest BCUT2D eigenvalue weighted by Gasteiger charge is -2.13. The van der Waals surface area contributed by atoms with Crippen molar-refractivity contribution in [2.24, 2.45) is 7.05 Å². The molecule has 1 aromatic heterocycles. The second-order valence-electron chi connectivity index (χ2n) is 4.75.